The second-order valence-electron chi connectivity index (χ2n) is 27.6. The van der Waals surface area contributed by atoms with Gasteiger partial charge in [-0.15, -0.1) is 10.2 Å². The first-order chi connectivity index (χ1) is 44.6. The van der Waals surface area contributed by atoms with E-state index in [4.69, 9.17) is 23.7 Å². The fraction of sp³-hybridized carbons (Fsp3) is 0.694. The number of hydrogen-bond donors (Lipinski definition) is 0. The maximum atomic E-state index is 13.6. The zero-order valence-corrected chi connectivity index (χ0v) is 57.9. The lowest BCUT2D eigenvalue weighted by atomic mass is 9.87. The van der Waals surface area contributed by atoms with Crippen molar-refractivity contribution >= 4 is 40.9 Å². The molecule has 2 aliphatic heterocycles. The quantitative estimate of drug-likeness (QED) is 0.0348. The van der Waals surface area contributed by atoms with E-state index in [-0.39, 0.29) is 97.3 Å². The van der Waals surface area contributed by atoms with Crippen LogP contribution in [0.2, 0.25) is 0 Å². The molecule has 1 saturated carbocycles. The number of carbonyl (C=O) groups is 6. The molecule has 4 aromatic rings. The van der Waals surface area contributed by atoms with Crippen LogP contribution in [0, 0.1) is 35.5 Å². The fourth-order valence-electron chi connectivity index (χ4n) is 12.8. The Morgan fingerprint density at radius 3 is 1.97 bits per heavy atom. The molecule has 0 bridgehead atoms. The van der Waals surface area contributed by atoms with Crippen molar-refractivity contribution in [2.45, 2.75) is 242 Å². The molecule has 3 aliphatic carbocycles. The maximum Gasteiger partial charge on any atom is 0.308 e. The summed E-state index contributed by atoms with van der Waals surface area (Å²) >= 11 is 0. The number of hydrogen-bond acceptors (Lipinski definition) is 18. The van der Waals surface area contributed by atoms with Gasteiger partial charge in [0.1, 0.15) is 42.1 Å². The van der Waals surface area contributed by atoms with Crippen LogP contribution in [0.15, 0.2) is 58.9 Å². The van der Waals surface area contributed by atoms with Crippen LogP contribution in [-0.2, 0) is 78.3 Å². The molecule has 0 N–H and O–H groups in total. The third-order valence-corrected chi connectivity index (χ3v) is 18.1. The number of esters is 2. The molecule has 1 amide bonds. The largest absolute Gasteiger partial charge is 0.465 e. The normalized spacial score (nSPS) is 19.7. The zero-order chi connectivity index (χ0) is 67.1. The summed E-state index contributed by atoms with van der Waals surface area (Å²) in [5.74, 6) is 2.03. The van der Waals surface area contributed by atoms with Gasteiger partial charge in [0.15, 0.2) is 5.78 Å². The number of rotatable bonds is 30. The van der Waals surface area contributed by atoms with Gasteiger partial charge in [-0.1, -0.05) is 112 Å². The summed E-state index contributed by atoms with van der Waals surface area (Å²) in [5.41, 5.74) is 8.53. The van der Waals surface area contributed by atoms with E-state index < -0.39 is 0 Å². The Bertz CT molecular complexity index is 3080. The highest BCUT2D eigenvalue weighted by Gasteiger charge is 2.50. The highest BCUT2D eigenvalue weighted by atomic mass is 16.5. The first-order valence-corrected chi connectivity index (χ1v) is 34.8. The molecule has 6 unspecified atom stereocenters. The van der Waals surface area contributed by atoms with Gasteiger partial charge in [-0.3, -0.25) is 33.8 Å². The van der Waals surface area contributed by atoms with Crippen molar-refractivity contribution in [1.29, 1.82) is 0 Å². The van der Waals surface area contributed by atoms with E-state index in [1.807, 2.05) is 54.9 Å². The summed E-state index contributed by atoms with van der Waals surface area (Å²) in [6.07, 6.45) is 13.2. The molecule has 93 heavy (non-hydrogen) atoms. The minimum atomic E-state index is -0.224. The second-order valence-corrected chi connectivity index (χ2v) is 27.6. The van der Waals surface area contributed by atoms with Crippen LogP contribution in [0.3, 0.4) is 0 Å². The van der Waals surface area contributed by atoms with Crippen molar-refractivity contribution in [3.8, 4) is 0 Å². The highest BCUT2D eigenvalue weighted by Crippen LogP contribution is 2.53. The molecular formula is C72H108N10O11. The number of anilines is 1. The number of fused-ring (bicyclic) bond motifs is 8. The molecule has 4 heterocycles. The number of benzene rings is 2. The third-order valence-electron chi connectivity index (χ3n) is 18.1. The molecule has 2 aromatic carbocycles. The highest BCUT2D eigenvalue weighted by molar-refractivity contribution is 5.96. The molecule has 0 saturated heterocycles. The second kappa shape index (κ2) is 36.9. The summed E-state index contributed by atoms with van der Waals surface area (Å²) in [4.78, 5) is 75.1. The summed E-state index contributed by atoms with van der Waals surface area (Å²) in [7, 11) is 0. The number of ether oxygens (including phenoxy) is 5. The SMILES string of the molecule is CC(C)C(=O)CCOCCCC(=O)CCC(=O)N1Cc2ccccc2C2C(N=NN2C(C)C)c2ccccc21.CC(C)C(=O)OCCCC(=O)OCC1C2CCc3nnn(C(C)C)c3CCC21.CC(C)COCCCC(=O)COC1CCCCCc2c1nnn2C(C)C. The van der Waals surface area contributed by atoms with E-state index in [9.17, 15) is 28.8 Å². The summed E-state index contributed by atoms with van der Waals surface area (Å²) in [6.45, 7) is 27.9. The Kier molecular flexibility index (Phi) is 29.3. The van der Waals surface area contributed by atoms with Crippen LogP contribution in [0.5, 0.6) is 0 Å². The number of ketones is 3. The van der Waals surface area contributed by atoms with E-state index in [2.05, 4.69) is 108 Å². The zero-order valence-electron chi connectivity index (χ0n) is 57.9. The van der Waals surface area contributed by atoms with Crippen molar-refractivity contribution in [2.75, 3.05) is 51.1 Å². The molecule has 0 radical (unpaired) electrons. The average molecular weight is 1290 g/mol. The van der Waals surface area contributed by atoms with E-state index in [1.165, 1.54) is 17.8 Å². The molecule has 1 fully saturated rings. The molecule has 512 valence electrons. The van der Waals surface area contributed by atoms with Crippen molar-refractivity contribution in [3.05, 3.63) is 88.0 Å². The maximum absolute atomic E-state index is 13.6. The molecule has 6 atom stereocenters. The average Bonchev–Trinajstić information content (AvgIpc) is 1.75. The Hall–Kier alpha value is -6.58. The van der Waals surface area contributed by atoms with Gasteiger partial charge in [0.05, 0.1) is 49.4 Å². The Balaban J connectivity index is 0.000000203. The van der Waals surface area contributed by atoms with Crippen LogP contribution in [-0.4, -0.2) is 122 Å². The summed E-state index contributed by atoms with van der Waals surface area (Å²) in [5, 5.41) is 28.7. The number of Topliss-reactive ketones (excluding diaryl/α,β-unsaturated/α-hetero) is 3. The topological polar surface area (TPSA) is 241 Å². The summed E-state index contributed by atoms with van der Waals surface area (Å²) in [6, 6.07) is 16.7. The number of amides is 1. The molecule has 9 rings (SSSR count). The van der Waals surface area contributed by atoms with Crippen molar-refractivity contribution < 1.29 is 52.5 Å². The van der Waals surface area contributed by atoms with E-state index in [1.54, 1.807) is 18.7 Å². The van der Waals surface area contributed by atoms with Crippen LogP contribution >= 0.6 is 0 Å². The predicted molar refractivity (Wildman–Crippen MR) is 355 cm³/mol. The van der Waals surface area contributed by atoms with Gasteiger partial charge in [-0.25, -0.2) is 9.36 Å². The number of para-hydroxylation sites is 1. The Labute approximate surface area is 552 Å². The van der Waals surface area contributed by atoms with Gasteiger partial charge in [0.2, 0.25) is 5.91 Å². The van der Waals surface area contributed by atoms with Crippen LogP contribution < -0.4 is 4.90 Å². The minimum Gasteiger partial charge on any atom is -0.465 e. The number of aromatic nitrogens is 6. The number of aryl methyl sites for hydroxylation is 1. The molecule has 5 aliphatic rings. The third kappa shape index (κ3) is 21.7. The van der Waals surface area contributed by atoms with E-state index in [0.717, 1.165) is 98.2 Å². The van der Waals surface area contributed by atoms with E-state index >= 15 is 0 Å². The van der Waals surface area contributed by atoms with Crippen LogP contribution in [0.1, 0.15) is 249 Å². The fourth-order valence-corrected chi connectivity index (χ4v) is 12.8. The smallest absolute Gasteiger partial charge is 0.308 e. The van der Waals surface area contributed by atoms with Crippen LogP contribution in [0.4, 0.5) is 5.69 Å². The lowest BCUT2D eigenvalue weighted by Gasteiger charge is -2.36. The molecule has 0 spiro atoms. The predicted octanol–water partition coefficient (Wildman–Crippen LogP) is 13.3. The monoisotopic (exact) mass is 1290 g/mol. The van der Waals surface area contributed by atoms with Gasteiger partial charge in [0, 0.05) is 93.6 Å². The van der Waals surface area contributed by atoms with Gasteiger partial charge in [-0.2, -0.15) is 5.11 Å². The molecule has 21 nitrogen and oxygen atoms in total. The summed E-state index contributed by atoms with van der Waals surface area (Å²) < 4.78 is 31.7. The van der Waals surface area contributed by atoms with Gasteiger partial charge < -0.3 is 28.6 Å². The van der Waals surface area contributed by atoms with Crippen molar-refractivity contribution in [1.82, 2.24) is 35.0 Å². The minimum absolute atomic E-state index is 0.0143. The lowest BCUT2D eigenvalue weighted by Crippen LogP contribution is -2.36. The lowest BCUT2D eigenvalue weighted by molar-refractivity contribution is -0.150. The first kappa shape index (κ1) is 73.8. The van der Waals surface area contributed by atoms with Gasteiger partial charge >= 0.3 is 11.9 Å². The van der Waals surface area contributed by atoms with Gasteiger partial charge in [0.25, 0.3) is 0 Å². The van der Waals surface area contributed by atoms with Crippen molar-refractivity contribution in [3.63, 3.8) is 0 Å². The van der Waals surface area contributed by atoms with Crippen molar-refractivity contribution in [2.24, 2.45) is 45.8 Å². The van der Waals surface area contributed by atoms with Crippen LogP contribution in [0.25, 0.3) is 0 Å². The standard InChI is InChI=1S/C31H40N4O4.C21H33N3O4.C20H35N3O3/c1-21(2)28(37)17-19-39-18-9-11-24(36)15-16-29(38)34-20-23-10-5-6-12-25(23)31-30(32-33-35(31)22(3)4)26-13-7-8-14-27(26)34;1-13(2)21(26)27-11-5-6-20(25)28-12-17-15-7-9-18-19(10-8-16(15)17)24(14(3)4)23-22-18;1-15(2)13-25-12-8-9-17(24)14-26-19-11-7-5-6-10-18-20(19)21-22-23(18)16(3)4/h5-8,10,12-14,21-22,30-31H,9,11,15-20H2,1-4H3;13-17H,5-12H2,1-4H3;15-16,19H,5-14H2,1-4H3. The van der Waals surface area contributed by atoms with E-state index in [0.29, 0.717) is 107 Å². The van der Waals surface area contributed by atoms with Gasteiger partial charge in [-0.05, 0) is 147 Å². The molecule has 2 aromatic heterocycles. The Morgan fingerprint density at radius 2 is 1.26 bits per heavy atom. The Morgan fingerprint density at radius 1 is 0.591 bits per heavy atom. The molecule has 21 heteroatoms. The number of carbonyl (C=O) groups excluding carboxylic acids is 6. The first-order valence-electron chi connectivity index (χ1n) is 34.8. The molecular weight excluding hydrogens is 1180 g/mol. The number of nitrogens with zero attached hydrogens (tertiary/aromatic N) is 10.